The average molecular weight is 266 g/mol. The third kappa shape index (κ3) is 4.18. The highest BCUT2D eigenvalue weighted by Gasteiger charge is 2.21. The number of aliphatic hydroxyl groups excluding tert-OH is 1. The first kappa shape index (κ1) is 14.3. The van der Waals surface area contributed by atoms with E-state index in [-0.39, 0.29) is 11.9 Å². The first-order valence-electron chi connectivity index (χ1n) is 6.98. The molecule has 2 rings (SSSR count). The molecule has 0 bridgehead atoms. The zero-order valence-electron chi connectivity index (χ0n) is 11.7. The van der Waals surface area contributed by atoms with Gasteiger partial charge >= 0.3 is 0 Å². The van der Waals surface area contributed by atoms with Crippen molar-refractivity contribution >= 4 is 5.69 Å². The van der Waals surface area contributed by atoms with E-state index in [0.29, 0.717) is 31.2 Å². The molecule has 0 radical (unpaired) electrons. The lowest BCUT2D eigenvalue weighted by Gasteiger charge is -2.24. The van der Waals surface area contributed by atoms with Crippen LogP contribution in [0.5, 0.6) is 0 Å². The molecule has 1 aliphatic carbocycles. The molecule has 0 aromatic heterocycles. The lowest BCUT2D eigenvalue weighted by atomic mass is 10.1. The number of rotatable bonds is 7. The highest BCUT2D eigenvalue weighted by atomic mass is 19.1. The smallest absolute Gasteiger partial charge is 0.146 e. The first-order valence-corrected chi connectivity index (χ1v) is 6.98. The summed E-state index contributed by atoms with van der Waals surface area (Å²) in [6.07, 6.45) is 2.73. The molecule has 1 atom stereocenters. The van der Waals surface area contributed by atoms with Crippen LogP contribution in [0.25, 0.3) is 0 Å². The minimum absolute atomic E-state index is 0.191. The van der Waals surface area contributed by atoms with Gasteiger partial charge in [0, 0.05) is 26.2 Å². The maximum atomic E-state index is 14.0. The zero-order valence-corrected chi connectivity index (χ0v) is 11.7. The molecule has 106 valence electrons. The summed E-state index contributed by atoms with van der Waals surface area (Å²) in [7, 11) is 1.88. The Morgan fingerprint density at radius 3 is 2.84 bits per heavy atom. The van der Waals surface area contributed by atoms with Crippen LogP contribution in [0.15, 0.2) is 18.2 Å². The van der Waals surface area contributed by atoms with E-state index < -0.39 is 0 Å². The van der Waals surface area contributed by atoms with E-state index in [9.17, 15) is 9.50 Å². The monoisotopic (exact) mass is 266 g/mol. The lowest BCUT2D eigenvalue weighted by molar-refractivity contribution is 0.186. The summed E-state index contributed by atoms with van der Waals surface area (Å²) in [5.74, 6) is -0.191. The molecule has 1 unspecified atom stereocenters. The predicted octanol–water partition coefficient (Wildman–Crippen LogP) is 2.28. The Labute approximate surface area is 114 Å². The van der Waals surface area contributed by atoms with Crippen LogP contribution >= 0.6 is 0 Å². The quantitative estimate of drug-likeness (QED) is 0.795. The topological polar surface area (TPSA) is 35.5 Å². The van der Waals surface area contributed by atoms with Crippen molar-refractivity contribution in [2.75, 3.05) is 18.5 Å². The molecule has 0 aliphatic heterocycles. The Morgan fingerprint density at radius 2 is 2.21 bits per heavy atom. The van der Waals surface area contributed by atoms with Crippen molar-refractivity contribution in [2.45, 2.75) is 44.9 Å². The van der Waals surface area contributed by atoms with Crippen molar-refractivity contribution < 1.29 is 9.50 Å². The second-order valence-electron chi connectivity index (χ2n) is 5.46. The Balaban J connectivity index is 2.06. The van der Waals surface area contributed by atoms with Crippen molar-refractivity contribution in [3.8, 4) is 0 Å². The molecule has 19 heavy (non-hydrogen) atoms. The number of aliphatic hydroxyl groups is 1. The van der Waals surface area contributed by atoms with Crippen LogP contribution in [-0.4, -0.2) is 30.8 Å². The minimum Gasteiger partial charge on any atom is -0.393 e. The molecule has 0 spiro atoms. The van der Waals surface area contributed by atoms with Crippen LogP contribution in [0.3, 0.4) is 0 Å². The maximum absolute atomic E-state index is 14.0. The second kappa shape index (κ2) is 6.35. The first-order chi connectivity index (χ1) is 9.08. The van der Waals surface area contributed by atoms with Crippen LogP contribution < -0.4 is 10.2 Å². The fraction of sp³-hybridized carbons (Fsp3) is 0.600. The molecule has 0 heterocycles. The van der Waals surface area contributed by atoms with E-state index in [2.05, 4.69) is 5.32 Å². The molecular weight excluding hydrogens is 243 g/mol. The summed E-state index contributed by atoms with van der Waals surface area (Å²) in [5.41, 5.74) is 1.64. The molecule has 2 N–H and O–H groups in total. The third-order valence-electron chi connectivity index (χ3n) is 3.49. The fourth-order valence-corrected chi connectivity index (χ4v) is 2.16. The lowest BCUT2D eigenvalue weighted by Crippen LogP contribution is -2.25. The number of hydrogen-bond donors (Lipinski definition) is 2. The van der Waals surface area contributed by atoms with Gasteiger partial charge in [-0.25, -0.2) is 4.39 Å². The Morgan fingerprint density at radius 1 is 1.47 bits per heavy atom. The molecule has 1 fully saturated rings. The minimum atomic E-state index is -0.359. The molecule has 1 aromatic carbocycles. The van der Waals surface area contributed by atoms with Crippen molar-refractivity contribution in [3.05, 3.63) is 29.6 Å². The van der Waals surface area contributed by atoms with Gasteiger partial charge < -0.3 is 15.3 Å². The number of nitrogens with zero attached hydrogens (tertiary/aromatic N) is 1. The van der Waals surface area contributed by atoms with Gasteiger partial charge in [0.25, 0.3) is 0 Å². The normalized spacial score (nSPS) is 16.4. The maximum Gasteiger partial charge on any atom is 0.146 e. The molecule has 4 heteroatoms. The standard InChI is InChI=1S/C15H23FN2O/c1-11(19)8-9-18(2)15-12(4-3-5-14(15)16)10-17-13-6-7-13/h3-5,11,13,17,19H,6-10H2,1-2H3. The summed E-state index contributed by atoms with van der Waals surface area (Å²) in [6, 6.07) is 5.83. The second-order valence-corrected chi connectivity index (χ2v) is 5.46. The number of nitrogens with one attached hydrogen (secondary N) is 1. The Kier molecular flexibility index (Phi) is 4.77. The Bertz CT molecular complexity index is 419. The van der Waals surface area contributed by atoms with Gasteiger partial charge in [0.05, 0.1) is 11.8 Å². The van der Waals surface area contributed by atoms with Crippen molar-refractivity contribution in [1.82, 2.24) is 5.32 Å². The summed E-state index contributed by atoms with van der Waals surface area (Å²) in [5, 5.41) is 12.8. The molecule has 1 aromatic rings. The van der Waals surface area contributed by atoms with Gasteiger partial charge in [0.15, 0.2) is 0 Å². The number of benzene rings is 1. The molecule has 0 amide bonds. The number of anilines is 1. The summed E-state index contributed by atoms with van der Waals surface area (Å²) >= 11 is 0. The number of hydrogen-bond acceptors (Lipinski definition) is 3. The average Bonchev–Trinajstić information content (AvgIpc) is 3.17. The van der Waals surface area contributed by atoms with Gasteiger partial charge in [-0.15, -0.1) is 0 Å². The van der Waals surface area contributed by atoms with E-state index in [0.717, 1.165) is 5.56 Å². The number of para-hydroxylation sites is 1. The fourth-order valence-electron chi connectivity index (χ4n) is 2.16. The van der Waals surface area contributed by atoms with E-state index in [1.54, 1.807) is 13.0 Å². The van der Waals surface area contributed by atoms with E-state index >= 15 is 0 Å². The zero-order chi connectivity index (χ0) is 13.8. The largest absolute Gasteiger partial charge is 0.393 e. The van der Waals surface area contributed by atoms with Gasteiger partial charge in [-0.1, -0.05) is 12.1 Å². The van der Waals surface area contributed by atoms with Gasteiger partial charge in [0.2, 0.25) is 0 Å². The van der Waals surface area contributed by atoms with Gasteiger partial charge in [-0.05, 0) is 37.8 Å². The molecule has 0 saturated heterocycles. The molecule has 1 saturated carbocycles. The SMILES string of the molecule is CC(O)CCN(C)c1c(F)cccc1CNC1CC1. The summed E-state index contributed by atoms with van der Waals surface area (Å²) in [6.45, 7) is 3.11. The highest BCUT2D eigenvalue weighted by molar-refractivity contribution is 5.54. The van der Waals surface area contributed by atoms with E-state index in [1.807, 2.05) is 18.0 Å². The van der Waals surface area contributed by atoms with Gasteiger partial charge in [-0.3, -0.25) is 0 Å². The van der Waals surface area contributed by atoms with E-state index in [1.165, 1.54) is 18.9 Å². The summed E-state index contributed by atoms with van der Waals surface area (Å²) < 4.78 is 14.0. The Hall–Kier alpha value is -1.13. The number of halogens is 1. The van der Waals surface area contributed by atoms with Crippen LogP contribution in [0.1, 0.15) is 31.7 Å². The van der Waals surface area contributed by atoms with Crippen molar-refractivity contribution in [3.63, 3.8) is 0 Å². The van der Waals surface area contributed by atoms with Crippen molar-refractivity contribution in [2.24, 2.45) is 0 Å². The van der Waals surface area contributed by atoms with Crippen LogP contribution in [-0.2, 0) is 6.54 Å². The highest BCUT2D eigenvalue weighted by Crippen LogP contribution is 2.26. The predicted molar refractivity (Wildman–Crippen MR) is 75.8 cm³/mol. The molecule has 1 aliphatic rings. The van der Waals surface area contributed by atoms with E-state index in [4.69, 9.17) is 0 Å². The van der Waals surface area contributed by atoms with Crippen LogP contribution in [0, 0.1) is 5.82 Å². The third-order valence-corrected chi connectivity index (χ3v) is 3.49. The van der Waals surface area contributed by atoms with Gasteiger partial charge in [0.1, 0.15) is 5.82 Å². The van der Waals surface area contributed by atoms with Crippen molar-refractivity contribution in [1.29, 1.82) is 0 Å². The van der Waals surface area contributed by atoms with Gasteiger partial charge in [-0.2, -0.15) is 0 Å². The molecule has 3 nitrogen and oxygen atoms in total. The molecular formula is C15H23FN2O. The van der Waals surface area contributed by atoms with Crippen LogP contribution in [0.4, 0.5) is 10.1 Å². The summed E-state index contributed by atoms with van der Waals surface area (Å²) in [4.78, 5) is 1.89. The van der Waals surface area contributed by atoms with Crippen LogP contribution in [0.2, 0.25) is 0 Å².